The first-order chi connectivity index (χ1) is 24.5. The second-order valence-corrected chi connectivity index (χ2v) is 12.9. The number of carbonyl (C=O) groups is 4. The molecule has 0 aliphatic carbocycles. The lowest BCUT2D eigenvalue weighted by molar-refractivity contribution is -0.140. The average molecular weight is 695 g/mol. The first-order valence-corrected chi connectivity index (χ1v) is 16.9. The highest BCUT2D eigenvalue weighted by Gasteiger charge is 2.29. The maximum atomic E-state index is 13.4. The third-order valence-corrected chi connectivity index (χ3v) is 7.58. The molecule has 0 fully saturated rings. The van der Waals surface area contributed by atoms with Crippen molar-refractivity contribution in [2.45, 2.75) is 65.1 Å². The molecule has 4 aromatic carbocycles. The van der Waals surface area contributed by atoms with E-state index in [9.17, 15) is 19.2 Å². The second kappa shape index (κ2) is 19.0. The van der Waals surface area contributed by atoms with Crippen molar-refractivity contribution >= 4 is 23.8 Å². The zero-order valence-corrected chi connectivity index (χ0v) is 29.4. The van der Waals surface area contributed by atoms with Crippen LogP contribution in [-0.2, 0) is 32.3 Å². The third-order valence-electron chi connectivity index (χ3n) is 7.58. The SMILES string of the molecule is C[C@@H](OCc1ccccc1)[C@H](NC(=O)c1ccc(-c2ccc(C(=O)NCCCNC(=O)OC(C)(C)C)cc2)cc1)C(=O)NOCc1ccccc1. The quantitative estimate of drug-likeness (QED) is 0.0839. The van der Waals surface area contributed by atoms with Gasteiger partial charge in [-0.05, 0) is 80.6 Å². The summed E-state index contributed by atoms with van der Waals surface area (Å²) in [5.41, 5.74) is 6.25. The summed E-state index contributed by atoms with van der Waals surface area (Å²) in [5.74, 6) is -1.22. The predicted molar refractivity (Wildman–Crippen MR) is 194 cm³/mol. The van der Waals surface area contributed by atoms with E-state index in [2.05, 4.69) is 21.4 Å². The Hall–Kier alpha value is -5.52. The second-order valence-electron chi connectivity index (χ2n) is 12.9. The molecule has 0 saturated carbocycles. The van der Waals surface area contributed by atoms with Crippen LogP contribution >= 0.6 is 0 Å². The molecule has 0 radical (unpaired) electrons. The van der Waals surface area contributed by atoms with E-state index in [0.717, 1.165) is 22.3 Å². The Morgan fingerprint density at radius 3 is 1.71 bits per heavy atom. The molecule has 268 valence electrons. The molecule has 4 N–H and O–H groups in total. The van der Waals surface area contributed by atoms with Gasteiger partial charge in [0.2, 0.25) is 0 Å². The summed E-state index contributed by atoms with van der Waals surface area (Å²) in [4.78, 5) is 56.4. The minimum absolute atomic E-state index is 0.161. The molecule has 0 aliphatic heterocycles. The Morgan fingerprint density at radius 2 is 1.16 bits per heavy atom. The number of amides is 4. The van der Waals surface area contributed by atoms with Crippen LogP contribution in [-0.4, -0.2) is 54.7 Å². The molecule has 0 aromatic heterocycles. The Morgan fingerprint density at radius 1 is 0.647 bits per heavy atom. The van der Waals surface area contributed by atoms with Gasteiger partial charge in [-0.3, -0.25) is 19.2 Å². The number of hydrogen-bond donors (Lipinski definition) is 4. The fourth-order valence-electron chi connectivity index (χ4n) is 4.87. The summed E-state index contributed by atoms with van der Waals surface area (Å²) in [6.07, 6.45) is -0.622. The van der Waals surface area contributed by atoms with E-state index in [1.165, 1.54) is 0 Å². The number of hydroxylamine groups is 1. The van der Waals surface area contributed by atoms with E-state index in [4.69, 9.17) is 14.3 Å². The Bertz CT molecular complexity index is 1710. The monoisotopic (exact) mass is 694 g/mol. The molecule has 0 bridgehead atoms. The van der Waals surface area contributed by atoms with Crippen LogP contribution in [0.1, 0.15) is 66.0 Å². The van der Waals surface area contributed by atoms with Gasteiger partial charge in [-0.1, -0.05) is 84.9 Å². The molecule has 4 rings (SSSR count). The van der Waals surface area contributed by atoms with E-state index < -0.39 is 35.7 Å². The van der Waals surface area contributed by atoms with Crippen molar-refractivity contribution in [3.63, 3.8) is 0 Å². The number of hydrogen-bond acceptors (Lipinski definition) is 7. The van der Waals surface area contributed by atoms with E-state index in [0.29, 0.717) is 30.6 Å². The normalized spacial score (nSPS) is 12.2. The Kier molecular flexibility index (Phi) is 14.3. The smallest absolute Gasteiger partial charge is 0.407 e. The largest absolute Gasteiger partial charge is 0.444 e. The van der Waals surface area contributed by atoms with E-state index in [-0.39, 0.29) is 19.1 Å². The minimum atomic E-state index is -1.04. The van der Waals surface area contributed by atoms with Gasteiger partial charge in [-0.2, -0.15) is 0 Å². The summed E-state index contributed by atoms with van der Waals surface area (Å²) < 4.78 is 11.2. The van der Waals surface area contributed by atoms with Gasteiger partial charge in [0, 0.05) is 24.2 Å². The molecule has 2 atom stereocenters. The van der Waals surface area contributed by atoms with Crippen molar-refractivity contribution in [1.29, 1.82) is 0 Å². The van der Waals surface area contributed by atoms with E-state index in [1.807, 2.05) is 72.8 Å². The van der Waals surface area contributed by atoms with Crippen molar-refractivity contribution in [1.82, 2.24) is 21.4 Å². The van der Waals surface area contributed by atoms with Gasteiger partial charge in [-0.25, -0.2) is 10.3 Å². The van der Waals surface area contributed by atoms with Gasteiger partial charge < -0.3 is 25.4 Å². The third kappa shape index (κ3) is 13.0. The lowest BCUT2D eigenvalue weighted by Gasteiger charge is -2.24. The van der Waals surface area contributed by atoms with Gasteiger partial charge in [0.1, 0.15) is 11.6 Å². The van der Waals surface area contributed by atoms with Crippen LogP contribution in [0.15, 0.2) is 109 Å². The maximum absolute atomic E-state index is 13.4. The summed E-state index contributed by atoms with van der Waals surface area (Å²) in [6, 6.07) is 32.0. The maximum Gasteiger partial charge on any atom is 0.407 e. The highest BCUT2D eigenvalue weighted by molar-refractivity contribution is 5.98. The van der Waals surface area contributed by atoms with Gasteiger partial charge in [0.05, 0.1) is 19.3 Å². The van der Waals surface area contributed by atoms with Crippen LogP contribution in [0.5, 0.6) is 0 Å². The molecule has 11 nitrogen and oxygen atoms in total. The zero-order chi connectivity index (χ0) is 36.6. The molecule has 4 aromatic rings. The molecule has 0 spiro atoms. The average Bonchev–Trinajstić information content (AvgIpc) is 3.12. The lowest BCUT2D eigenvalue weighted by atomic mass is 10.0. The Balaban J connectivity index is 1.31. The fraction of sp³-hybridized carbons (Fsp3) is 0.300. The van der Waals surface area contributed by atoms with Crippen LogP contribution < -0.4 is 21.4 Å². The summed E-state index contributed by atoms with van der Waals surface area (Å²) in [7, 11) is 0. The van der Waals surface area contributed by atoms with Crippen molar-refractivity contribution < 1.29 is 33.5 Å². The first-order valence-electron chi connectivity index (χ1n) is 16.9. The fourth-order valence-corrected chi connectivity index (χ4v) is 4.87. The summed E-state index contributed by atoms with van der Waals surface area (Å²) >= 11 is 0. The molecule has 11 heteroatoms. The number of alkyl carbamates (subject to hydrolysis) is 1. The molecule has 0 saturated heterocycles. The van der Waals surface area contributed by atoms with Crippen molar-refractivity contribution in [3.05, 3.63) is 131 Å². The number of benzene rings is 4. The molecular formula is C40H46N4O7. The Labute approximate surface area is 299 Å². The first kappa shape index (κ1) is 38.3. The molecule has 4 amide bonds. The molecule has 0 heterocycles. The van der Waals surface area contributed by atoms with Crippen molar-refractivity contribution in [2.24, 2.45) is 0 Å². The number of rotatable bonds is 16. The van der Waals surface area contributed by atoms with Crippen LogP contribution in [0.2, 0.25) is 0 Å². The molecule has 0 aliphatic rings. The molecule has 51 heavy (non-hydrogen) atoms. The number of nitrogens with one attached hydrogen (secondary N) is 4. The lowest BCUT2D eigenvalue weighted by Crippen LogP contribution is -2.53. The predicted octanol–water partition coefficient (Wildman–Crippen LogP) is 5.95. The number of ether oxygens (including phenoxy) is 2. The van der Waals surface area contributed by atoms with E-state index in [1.54, 1.807) is 64.1 Å². The van der Waals surface area contributed by atoms with Crippen LogP contribution in [0.25, 0.3) is 11.1 Å². The standard InChI is InChI=1S/C40H46N4O7/c1-28(49-26-29-12-7-5-8-13-29)35(38(47)44-50-27-30-14-9-6-10-15-30)43-37(46)34-22-18-32(19-23-34)31-16-20-33(21-17-31)36(45)41-24-11-25-42-39(48)51-40(2,3)4/h5-10,12-23,28,35H,11,24-27H2,1-4H3,(H,41,45)(H,42,48)(H,43,46)(H,44,47)/t28-,35+/m1/s1. The van der Waals surface area contributed by atoms with Gasteiger partial charge in [0.15, 0.2) is 0 Å². The summed E-state index contributed by atoms with van der Waals surface area (Å²) in [5, 5.41) is 8.32. The van der Waals surface area contributed by atoms with Crippen LogP contribution in [0, 0.1) is 0 Å². The zero-order valence-electron chi connectivity index (χ0n) is 29.4. The van der Waals surface area contributed by atoms with Crippen molar-refractivity contribution in [2.75, 3.05) is 13.1 Å². The van der Waals surface area contributed by atoms with Gasteiger partial charge in [-0.15, -0.1) is 0 Å². The minimum Gasteiger partial charge on any atom is -0.444 e. The van der Waals surface area contributed by atoms with Crippen LogP contribution in [0.4, 0.5) is 4.79 Å². The van der Waals surface area contributed by atoms with E-state index >= 15 is 0 Å². The highest BCUT2D eigenvalue weighted by atomic mass is 16.7. The topological polar surface area (TPSA) is 144 Å². The summed E-state index contributed by atoms with van der Waals surface area (Å²) in [6.45, 7) is 8.29. The number of carbonyl (C=O) groups excluding carboxylic acids is 4. The molecular weight excluding hydrogens is 648 g/mol. The van der Waals surface area contributed by atoms with Crippen molar-refractivity contribution in [3.8, 4) is 11.1 Å². The van der Waals surface area contributed by atoms with Gasteiger partial charge >= 0.3 is 6.09 Å². The van der Waals surface area contributed by atoms with Gasteiger partial charge in [0.25, 0.3) is 17.7 Å². The highest BCUT2D eigenvalue weighted by Crippen LogP contribution is 2.21. The molecule has 0 unspecified atom stereocenters. The van der Waals surface area contributed by atoms with Crippen LogP contribution in [0.3, 0.4) is 0 Å².